The van der Waals surface area contributed by atoms with Crippen LogP contribution in [0.15, 0.2) is 30.3 Å². The molecule has 11 heteroatoms. The smallest absolute Gasteiger partial charge is 0.340 e. The fourth-order valence-corrected chi connectivity index (χ4v) is 4.67. The molecular formula is C22H23ClN4O5S. The van der Waals surface area contributed by atoms with Gasteiger partial charge in [-0.3, -0.25) is 9.52 Å². The quantitative estimate of drug-likeness (QED) is 0.557. The summed E-state index contributed by atoms with van der Waals surface area (Å²) in [5, 5.41) is 9.99. The highest BCUT2D eigenvalue weighted by molar-refractivity contribution is 7.90. The van der Waals surface area contributed by atoms with E-state index in [-0.39, 0.29) is 43.0 Å². The van der Waals surface area contributed by atoms with Crippen LogP contribution in [-0.2, 0) is 26.0 Å². The number of rotatable bonds is 8. The van der Waals surface area contributed by atoms with Crippen molar-refractivity contribution in [3.05, 3.63) is 57.7 Å². The van der Waals surface area contributed by atoms with Crippen LogP contribution in [0.4, 0.5) is 5.82 Å². The van der Waals surface area contributed by atoms with Gasteiger partial charge >= 0.3 is 5.97 Å². The highest BCUT2D eigenvalue weighted by atomic mass is 35.5. The summed E-state index contributed by atoms with van der Waals surface area (Å²) in [5.74, 6) is -1.63. The molecular weight excluding hydrogens is 468 g/mol. The number of aromatic nitrogens is 1. The molecule has 1 amide bonds. The fraction of sp³-hybridized carbons (Fsp3) is 0.364. The summed E-state index contributed by atoms with van der Waals surface area (Å²) in [4.78, 5) is 30.5. The number of halogens is 1. The molecule has 9 nitrogen and oxygen atoms in total. The van der Waals surface area contributed by atoms with Crippen LogP contribution in [-0.4, -0.2) is 50.7 Å². The van der Waals surface area contributed by atoms with Gasteiger partial charge in [0, 0.05) is 18.1 Å². The van der Waals surface area contributed by atoms with E-state index in [4.69, 9.17) is 16.3 Å². The number of carbonyl (C=O) groups excluding carboxylic acids is 2. The Labute approximate surface area is 197 Å². The molecule has 2 aromatic rings. The number of aryl methyl sites for hydroxylation is 2. The predicted octanol–water partition coefficient (Wildman–Crippen LogP) is 2.22. The van der Waals surface area contributed by atoms with Gasteiger partial charge in [0.1, 0.15) is 11.9 Å². The standard InChI is InChI=1S/C22H23ClN4O5S/c1-3-32-22(29)19-10-16(11-24)20(25-14(19)2)27-12-17(13-27)21(28)26-33(30,31)8-7-15-5-4-6-18(23)9-15/h4-6,9-10,17H,3,7-8,12-13H2,1-2H3,(H,26,28). The van der Waals surface area contributed by atoms with Crippen molar-refractivity contribution in [3.8, 4) is 6.07 Å². The van der Waals surface area contributed by atoms with Crippen LogP contribution < -0.4 is 9.62 Å². The van der Waals surface area contributed by atoms with E-state index in [1.807, 2.05) is 6.07 Å². The van der Waals surface area contributed by atoms with Crippen molar-refractivity contribution in [3.63, 3.8) is 0 Å². The fourth-order valence-electron chi connectivity index (χ4n) is 3.38. The van der Waals surface area contributed by atoms with Crippen LogP contribution in [0.3, 0.4) is 0 Å². The highest BCUT2D eigenvalue weighted by Gasteiger charge is 2.36. The van der Waals surface area contributed by atoms with Gasteiger partial charge in [-0.25, -0.2) is 18.2 Å². The van der Waals surface area contributed by atoms with Gasteiger partial charge in [-0.15, -0.1) is 0 Å². The summed E-state index contributed by atoms with van der Waals surface area (Å²) >= 11 is 5.91. The molecule has 0 aliphatic carbocycles. The number of carbonyl (C=O) groups is 2. The number of anilines is 1. The molecule has 0 radical (unpaired) electrons. The lowest BCUT2D eigenvalue weighted by atomic mass is 9.98. The lowest BCUT2D eigenvalue weighted by Gasteiger charge is -2.39. The van der Waals surface area contributed by atoms with E-state index in [1.54, 1.807) is 43.0 Å². The van der Waals surface area contributed by atoms with Crippen LogP contribution >= 0.6 is 11.6 Å². The van der Waals surface area contributed by atoms with E-state index in [0.717, 1.165) is 5.56 Å². The molecule has 1 fully saturated rings. The van der Waals surface area contributed by atoms with E-state index in [0.29, 0.717) is 16.5 Å². The summed E-state index contributed by atoms with van der Waals surface area (Å²) < 4.78 is 31.7. The van der Waals surface area contributed by atoms with Gasteiger partial charge in [0.15, 0.2) is 0 Å². The van der Waals surface area contributed by atoms with Crippen LogP contribution in [0.25, 0.3) is 0 Å². The van der Waals surface area contributed by atoms with E-state index in [9.17, 15) is 23.3 Å². The minimum Gasteiger partial charge on any atom is -0.462 e. The van der Waals surface area contributed by atoms with E-state index >= 15 is 0 Å². The first-order valence-corrected chi connectivity index (χ1v) is 12.3. The first kappa shape index (κ1) is 24.5. The zero-order valence-corrected chi connectivity index (χ0v) is 19.7. The Hall–Kier alpha value is -3.16. The number of benzene rings is 1. The number of nitrogens with zero attached hydrogens (tertiary/aromatic N) is 3. The summed E-state index contributed by atoms with van der Waals surface area (Å²) in [7, 11) is -3.82. The maximum absolute atomic E-state index is 12.4. The number of amides is 1. The lowest BCUT2D eigenvalue weighted by Crippen LogP contribution is -2.55. The molecule has 2 heterocycles. The number of hydrogen-bond donors (Lipinski definition) is 1. The third-order valence-corrected chi connectivity index (χ3v) is 6.65. The Balaban J connectivity index is 1.60. The molecule has 0 atom stereocenters. The second-order valence-corrected chi connectivity index (χ2v) is 9.87. The zero-order valence-electron chi connectivity index (χ0n) is 18.2. The lowest BCUT2D eigenvalue weighted by molar-refractivity contribution is -0.123. The molecule has 0 saturated carbocycles. The first-order chi connectivity index (χ1) is 15.6. The third kappa shape index (κ3) is 6.00. The molecule has 1 aliphatic heterocycles. The minimum atomic E-state index is -3.82. The first-order valence-electron chi connectivity index (χ1n) is 10.3. The number of nitriles is 1. The number of pyridine rings is 1. The van der Waals surface area contributed by atoms with E-state index in [1.165, 1.54) is 6.07 Å². The Morgan fingerprint density at radius 1 is 1.33 bits per heavy atom. The molecule has 1 aromatic carbocycles. The van der Waals surface area contributed by atoms with Gasteiger partial charge in [-0.1, -0.05) is 23.7 Å². The van der Waals surface area contributed by atoms with Crippen LogP contribution in [0.5, 0.6) is 0 Å². The van der Waals surface area contributed by atoms with Gasteiger partial charge in [-0.2, -0.15) is 5.26 Å². The predicted molar refractivity (Wildman–Crippen MR) is 122 cm³/mol. The molecule has 0 spiro atoms. The number of sulfonamides is 1. The summed E-state index contributed by atoms with van der Waals surface area (Å²) in [6.07, 6.45) is 0.224. The third-order valence-electron chi connectivity index (χ3n) is 5.17. The van der Waals surface area contributed by atoms with Crippen molar-refractivity contribution in [2.75, 3.05) is 30.3 Å². The van der Waals surface area contributed by atoms with Crippen molar-refractivity contribution < 1.29 is 22.7 Å². The monoisotopic (exact) mass is 490 g/mol. The molecule has 1 saturated heterocycles. The maximum Gasteiger partial charge on any atom is 0.340 e. The minimum absolute atomic E-state index is 0.177. The van der Waals surface area contributed by atoms with Gasteiger partial charge in [-0.05, 0) is 44.0 Å². The Morgan fingerprint density at radius 3 is 2.70 bits per heavy atom. The Kier molecular flexibility index (Phi) is 7.56. The summed E-state index contributed by atoms with van der Waals surface area (Å²) in [6, 6.07) is 10.3. The average Bonchev–Trinajstić information content (AvgIpc) is 2.71. The summed E-state index contributed by atoms with van der Waals surface area (Å²) in [6.45, 7) is 3.92. The topological polar surface area (TPSA) is 129 Å². The number of esters is 1. The molecule has 1 N–H and O–H groups in total. The van der Waals surface area contributed by atoms with Crippen molar-refractivity contribution in [1.29, 1.82) is 5.26 Å². The highest BCUT2D eigenvalue weighted by Crippen LogP contribution is 2.28. The van der Waals surface area contributed by atoms with Crippen molar-refractivity contribution >= 4 is 39.3 Å². The average molecular weight is 491 g/mol. The van der Waals surface area contributed by atoms with Crippen LogP contribution in [0.2, 0.25) is 5.02 Å². The molecule has 33 heavy (non-hydrogen) atoms. The molecule has 1 aliphatic rings. The SMILES string of the molecule is CCOC(=O)c1cc(C#N)c(N2CC(C(=O)NS(=O)(=O)CCc3cccc(Cl)c3)C2)nc1C. The van der Waals surface area contributed by atoms with Crippen LogP contribution in [0, 0.1) is 24.2 Å². The van der Waals surface area contributed by atoms with Crippen molar-refractivity contribution in [2.24, 2.45) is 5.92 Å². The number of hydrogen-bond acceptors (Lipinski definition) is 8. The normalized spacial score (nSPS) is 13.7. The van der Waals surface area contributed by atoms with Gasteiger partial charge in [0.25, 0.3) is 0 Å². The molecule has 0 unspecified atom stereocenters. The number of ether oxygens (including phenoxy) is 1. The van der Waals surface area contributed by atoms with Gasteiger partial charge in [0.05, 0.1) is 35.1 Å². The molecule has 174 valence electrons. The van der Waals surface area contributed by atoms with Crippen molar-refractivity contribution in [2.45, 2.75) is 20.3 Å². The second-order valence-electron chi connectivity index (χ2n) is 7.59. The van der Waals surface area contributed by atoms with Gasteiger partial charge < -0.3 is 9.64 Å². The van der Waals surface area contributed by atoms with Gasteiger partial charge in [0.2, 0.25) is 15.9 Å². The Morgan fingerprint density at radius 2 is 2.06 bits per heavy atom. The van der Waals surface area contributed by atoms with Crippen molar-refractivity contribution in [1.82, 2.24) is 9.71 Å². The number of nitrogens with one attached hydrogen (secondary N) is 1. The van der Waals surface area contributed by atoms with E-state index in [2.05, 4.69) is 9.71 Å². The largest absolute Gasteiger partial charge is 0.462 e. The Bertz CT molecular complexity index is 1220. The van der Waals surface area contributed by atoms with E-state index < -0.39 is 27.8 Å². The maximum atomic E-state index is 12.4. The molecule has 3 rings (SSSR count). The second kappa shape index (κ2) is 10.2. The summed E-state index contributed by atoms with van der Waals surface area (Å²) in [5.41, 5.74) is 1.54. The molecule has 1 aromatic heterocycles. The van der Waals surface area contributed by atoms with Crippen LogP contribution in [0.1, 0.15) is 34.1 Å². The zero-order chi connectivity index (χ0) is 24.2. The molecule has 0 bridgehead atoms.